The third kappa shape index (κ3) is 2.67. The average molecular weight is 390 g/mol. The van der Waals surface area contributed by atoms with E-state index in [1.807, 2.05) is 48.5 Å². The van der Waals surface area contributed by atoms with E-state index in [0.29, 0.717) is 0 Å². The Morgan fingerprint density at radius 1 is 0.483 bits per heavy atom. The van der Waals surface area contributed by atoms with Crippen molar-refractivity contribution in [2.45, 2.75) is 0 Å². The lowest BCUT2D eigenvalue weighted by molar-refractivity contribution is 1.39. The fourth-order valence-corrected chi connectivity index (χ4v) is 4.29. The Bertz CT molecular complexity index is 1410. The van der Waals surface area contributed by atoms with Crippen molar-refractivity contribution in [3.05, 3.63) is 84.9 Å². The molecule has 6 rings (SSSR count). The largest absolute Gasteiger partial charge is 0.248 e. The van der Waals surface area contributed by atoms with Crippen molar-refractivity contribution in [1.29, 1.82) is 0 Å². The lowest BCUT2D eigenvalue weighted by atomic mass is 10.0. The van der Waals surface area contributed by atoms with E-state index >= 15 is 0 Å². The first kappa shape index (κ1) is 16.3. The molecular formula is C24H14N4S. The summed E-state index contributed by atoms with van der Waals surface area (Å²) in [6, 6.07) is 28.7. The van der Waals surface area contributed by atoms with Gasteiger partial charge in [-0.15, -0.1) is 0 Å². The summed E-state index contributed by atoms with van der Waals surface area (Å²) >= 11 is 1.22. The SMILES string of the molecule is c1ccc2nc(-c3ccc(-c4ccc5ccccc5n4)c4nsnc34)ccc2c1. The van der Waals surface area contributed by atoms with Crippen LogP contribution in [0.4, 0.5) is 0 Å². The quantitative estimate of drug-likeness (QED) is 0.357. The van der Waals surface area contributed by atoms with Crippen molar-refractivity contribution in [3.8, 4) is 22.5 Å². The lowest BCUT2D eigenvalue weighted by Gasteiger charge is -2.08. The summed E-state index contributed by atoms with van der Waals surface area (Å²) in [5.74, 6) is 0. The first-order chi connectivity index (χ1) is 14.4. The van der Waals surface area contributed by atoms with Gasteiger partial charge < -0.3 is 0 Å². The molecule has 4 nitrogen and oxygen atoms in total. The number of fused-ring (bicyclic) bond motifs is 3. The van der Waals surface area contributed by atoms with E-state index in [2.05, 4.69) is 45.1 Å². The minimum absolute atomic E-state index is 0.866. The van der Waals surface area contributed by atoms with E-state index in [1.54, 1.807) is 0 Å². The van der Waals surface area contributed by atoms with Crippen molar-refractivity contribution in [2.24, 2.45) is 0 Å². The van der Waals surface area contributed by atoms with Crippen molar-refractivity contribution < 1.29 is 0 Å². The molecule has 0 bridgehead atoms. The summed E-state index contributed by atoms with van der Waals surface area (Å²) < 4.78 is 9.17. The van der Waals surface area contributed by atoms with Crippen LogP contribution in [0, 0.1) is 0 Å². The van der Waals surface area contributed by atoms with E-state index in [4.69, 9.17) is 9.97 Å². The molecule has 0 aliphatic carbocycles. The first-order valence-corrected chi connectivity index (χ1v) is 10.1. The van der Waals surface area contributed by atoms with Gasteiger partial charge in [0.2, 0.25) is 0 Å². The smallest absolute Gasteiger partial charge is 0.114 e. The Hall–Kier alpha value is -3.70. The van der Waals surface area contributed by atoms with E-state index < -0.39 is 0 Å². The summed E-state index contributed by atoms with van der Waals surface area (Å²) in [5.41, 5.74) is 7.46. The van der Waals surface area contributed by atoms with Crippen molar-refractivity contribution in [1.82, 2.24) is 18.7 Å². The number of hydrogen-bond donors (Lipinski definition) is 0. The summed E-state index contributed by atoms with van der Waals surface area (Å²) in [5, 5.41) is 2.25. The molecule has 0 atom stereocenters. The summed E-state index contributed by atoms with van der Waals surface area (Å²) in [7, 11) is 0. The maximum atomic E-state index is 4.84. The molecule has 0 aliphatic heterocycles. The number of aromatic nitrogens is 4. The van der Waals surface area contributed by atoms with Gasteiger partial charge in [-0.1, -0.05) is 48.5 Å². The van der Waals surface area contributed by atoms with Gasteiger partial charge in [0.25, 0.3) is 0 Å². The van der Waals surface area contributed by atoms with Crippen LogP contribution in [0.5, 0.6) is 0 Å². The first-order valence-electron chi connectivity index (χ1n) is 9.34. The molecule has 5 heteroatoms. The summed E-state index contributed by atoms with van der Waals surface area (Å²) in [4.78, 5) is 9.68. The predicted molar refractivity (Wildman–Crippen MR) is 119 cm³/mol. The average Bonchev–Trinajstić information content (AvgIpc) is 3.28. The molecule has 0 N–H and O–H groups in total. The van der Waals surface area contributed by atoms with Gasteiger partial charge in [-0.25, -0.2) is 9.97 Å². The number of pyridine rings is 2. The van der Waals surface area contributed by atoms with Crippen LogP contribution in [-0.4, -0.2) is 18.7 Å². The Balaban J connectivity index is 1.54. The van der Waals surface area contributed by atoms with Crippen LogP contribution in [0.3, 0.4) is 0 Å². The van der Waals surface area contributed by atoms with E-state index in [9.17, 15) is 0 Å². The van der Waals surface area contributed by atoms with E-state index in [0.717, 1.165) is 55.4 Å². The summed E-state index contributed by atoms with van der Waals surface area (Å²) in [6.07, 6.45) is 0. The minimum Gasteiger partial charge on any atom is -0.248 e. The molecule has 29 heavy (non-hydrogen) atoms. The molecule has 0 saturated carbocycles. The van der Waals surface area contributed by atoms with Gasteiger partial charge in [0.1, 0.15) is 11.0 Å². The normalized spacial score (nSPS) is 11.4. The van der Waals surface area contributed by atoms with Crippen LogP contribution in [0.25, 0.3) is 55.4 Å². The molecule has 3 aromatic carbocycles. The predicted octanol–water partition coefficient (Wildman–Crippen LogP) is 6.12. The number of nitrogens with zero attached hydrogens (tertiary/aromatic N) is 4. The molecule has 3 heterocycles. The maximum Gasteiger partial charge on any atom is 0.114 e. The molecule has 6 aromatic rings. The second-order valence-electron chi connectivity index (χ2n) is 6.90. The van der Waals surface area contributed by atoms with Crippen LogP contribution >= 0.6 is 11.7 Å². The Morgan fingerprint density at radius 2 is 0.966 bits per heavy atom. The van der Waals surface area contributed by atoms with Crippen LogP contribution in [0.2, 0.25) is 0 Å². The fourth-order valence-electron chi connectivity index (χ4n) is 3.71. The number of hydrogen-bond acceptors (Lipinski definition) is 5. The van der Waals surface area contributed by atoms with Gasteiger partial charge in [0.15, 0.2) is 0 Å². The lowest BCUT2D eigenvalue weighted by Crippen LogP contribution is -1.90. The zero-order valence-electron chi connectivity index (χ0n) is 15.3. The molecule has 0 spiro atoms. The number of rotatable bonds is 2. The van der Waals surface area contributed by atoms with E-state index in [-0.39, 0.29) is 0 Å². The molecule has 0 saturated heterocycles. The Kier molecular flexibility index (Phi) is 3.61. The van der Waals surface area contributed by atoms with Gasteiger partial charge >= 0.3 is 0 Å². The molecule has 0 radical (unpaired) electrons. The van der Waals surface area contributed by atoms with Crippen LogP contribution < -0.4 is 0 Å². The fraction of sp³-hybridized carbons (Fsp3) is 0. The highest BCUT2D eigenvalue weighted by Gasteiger charge is 2.15. The Labute approximate surface area is 170 Å². The van der Waals surface area contributed by atoms with E-state index in [1.165, 1.54) is 11.7 Å². The van der Waals surface area contributed by atoms with Gasteiger partial charge in [-0.05, 0) is 36.4 Å². The third-order valence-corrected chi connectivity index (χ3v) is 5.69. The monoisotopic (exact) mass is 390 g/mol. The standard InChI is InChI=1S/C24H14N4S/c1-3-7-19-15(5-1)9-13-21(25-19)17-11-12-18(24-23(17)27-29-28-24)22-14-10-16-6-2-4-8-20(16)26-22/h1-14H. The van der Waals surface area contributed by atoms with Gasteiger partial charge in [-0.2, -0.15) is 8.75 Å². The zero-order valence-corrected chi connectivity index (χ0v) is 16.1. The van der Waals surface area contributed by atoms with Crippen molar-refractivity contribution in [2.75, 3.05) is 0 Å². The van der Waals surface area contributed by atoms with Crippen LogP contribution in [0.1, 0.15) is 0 Å². The second-order valence-corrected chi connectivity index (χ2v) is 7.43. The molecule has 0 fully saturated rings. The zero-order chi connectivity index (χ0) is 19.2. The van der Waals surface area contributed by atoms with Crippen LogP contribution in [-0.2, 0) is 0 Å². The third-order valence-electron chi connectivity index (χ3n) is 5.16. The van der Waals surface area contributed by atoms with Crippen molar-refractivity contribution in [3.63, 3.8) is 0 Å². The van der Waals surface area contributed by atoms with Crippen molar-refractivity contribution >= 4 is 44.6 Å². The van der Waals surface area contributed by atoms with Gasteiger partial charge in [-0.3, -0.25) is 0 Å². The highest BCUT2D eigenvalue weighted by molar-refractivity contribution is 7.00. The molecule has 0 aliphatic rings. The number of para-hydroxylation sites is 2. The molecule has 0 unspecified atom stereocenters. The molecule has 0 amide bonds. The molecule has 136 valence electrons. The summed E-state index contributed by atoms with van der Waals surface area (Å²) in [6.45, 7) is 0. The molecule has 3 aromatic heterocycles. The van der Waals surface area contributed by atoms with Gasteiger partial charge in [0.05, 0.1) is 34.1 Å². The molecular weight excluding hydrogens is 376 g/mol. The minimum atomic E-state index is 0.866. The van der Waals surface area contributed by atoms with Gasteiger partial charge in [0, 0.05) is 21.9 Å². The maximum absolute atomic E-state index is 4.84. The number of benzene rings is 3. The van der Waals surface area contributed by atoms with Crippen LogP contribution in [0.15, 0.2) is 84.9 Å². The highest BCUT2D eigenvalue weighted by Crippen LogP contribution is 2.34. The highest BCUT2D eigenvalue weighted by atomic mass is 32.1. The topological polar surface area (TPSA) is 51.6 Å². The second kappa shape index (κ2) is 6.43. The Morgan fingerprint density at radius 3 is 1.48 bits per heavy atom.